The average molecular weight is 477 g/mol. The molecule has 0 radical (unpaired) electrons. The topological polar surface area (TPSA) is 87.3 Å². The number of aromatic nitrogens is 2. The number of nitrogens with one attached hydrogen (secondary N) is 2. The van der Waals surface area contributed by atoms with Crippen molar-refractivity contribution >= 4 is 33.1 Å². The minimum absolute atomic E-state index is 0.135. The number of aromatic amines is 1. The summed E-state index contributed by atoms with van der Waals surface area (Å²) < 4.78 is 5.15. The molecule has 0 spiro atoms. The smallest absolute Gasteiger partial charge is 0.260 e. The summed E-state index contributed by atoms with van der Waals surface area (Å²) in [5, 5.41) is 3.51. The van der Waals surface area contributed by atoms with Gasteiger partial charge in [0.15, 0.2) is 0 Å². The van der Waals surface area contributed by atoms with Crippen LogP contribution in [0.25, 0.3) is 21.3 Å². The summed E-state index contributed by atoms with van der Waals surface area (Å²) in [4.78, 5) is 37.0. The number of thiophene rings is 1. The van der Waals surface area contributed by atoms with Gasteiger partial charge in [-0.25, -0.2) is 4.98 Å². The van der Waals surface area contributed by atoms with Crippen LogP contribution in [0.5, 0.6) is 5.75 Å². The van der Waals surface area contributed by atoms with Crippen molar-refractivity contribution in [1.82, 2.24) is 14.9 Å². The van der Waals surface area contributed by atoms with Crippen molar-refractivity contribution < 1.29 is 9.53 Å². The van der Waals surface area contributed by atoms with E-state index in [0.717, 1.165) is 21.8 Å². The van der Waals surface area contributed by atoms with Crippen LogP contribution in [0.15, 0.2) is 53.3 Å². The quantitative estimate of drug-likeness (QED) is 0.384. The predicted octanol–water partition coefficient (Wildman–Crippen LogP) is 4.74. The zero-order valence-electron chi connectivity index (χ0n) is 19.8. The van der Waals surface area contributed by atoms with E-state index >= 15 is 0 Å². The maximum absolute atomic E-state index is 13.1. The Hall–Kier alpha value is -3.49. The summed E-state index contributed by atoms with van der Waals surface area (Å²) in [6.07, 6.45) is 0. The van der Waals surface area contributed by atoms with Gasteiger partial charge in [0.25, 0.3) is 5.56 Å². The van der Waals surface area contributed by atoms with Gasteiger partial charge >= 0.3 is 0 Å². The van der Waals surface area contributed by atoms with E-state index in [-0.39, 0.29) is 18.0 Å². The number of hydrogen-bond donors (Lipinski definition) is 2. The minimum atomic E-state index is -0.154. The second-order valence-corrected chi connectivity index (χ2v) is 9.38. The molecular weight excluding hydrogens is 448 g/mol. The molecule has 34 heavy (non-hydrogen) atoms. The molecule has 0 bridgehead atoms. The van der Waals surface area contributed by atoms with Crippen molar-refractivity contribution in [2.24, 2.45) is 0 Å². The minimum Gasteiger partial charge on any atom is -0.497 e. The third-order valence-corrected chi connectivity index (χ3v) is 6.69. The van der Waals surface area contributed by atoms with Crippen LogP contribution in [0.1, 0.15) is 23.2 Å². The molecule has 8 heteroatoms. The zero-order chi connectivity index (χ0) is 24.2. The molecule has 0 unspecified atom stereocenters. The molecule has 4 rings (SSSR count). The molecule has 0 aliphatic carbocycles. The fourth-order valence-electron chi connectivity index (χ4n) is 3.88. The first-order valence-electron chi connectivity index (χ1n) is 11.1. The largest absolute Gasteiger partial charge is 0.497 e. The lowest BCUT2D eigenvalue weighted by Crippen LogP contribution is -2.33. The number of aryl methyl sites for hydroxylation is 2. The summed E-state index contributed by atoms with van der Waals surface area (Å²) in [5.74, 6) is 1.14. The number of H-pyrrole nitrogens is 1. The molecule has 176 valence electrons. The van der Waals surface area contributed by atoms with Crippen molar-refractivity contribution in [1.29, 1.82) is 0 Å². The Morgan fingerprint density at radius 3 is 2.47 bits per heavy atom. The fraction of sp³-hybridized carbons (Fsp3) is 0.269. The van der Waals surface area contributed by atoms with Crippen molar-refractivity contribution in [2.75, 3.05) is 25.5 Å². The summed E-state index contributed by atoms with van der Waals surface area (Å²) in [5.41, 5.74) is 3.67. The van der Waals surface area contributed by atoms with E-state index in [4.69, 9.17) is 9.72 Å². The van der Waals surface area contributed by atoms with Gasteiger partial charge in [-0.15, -0.1) is 11.3 Å². The molecule has 2 N–H and O–H groups in total. The third-order valence-electron chi connectivity index (χ3n) is 5.69. The third kappa shape index (κ3) is 5.18. The van der Waals surface area contributed by atoms with E-state index in [1.807, 2.05) is 49.9 Å². The lowest BCUT2D eigenvalue weighted by molar-refractivity contribution is -0.117. The molecule has 0 aliphatic rings. The number of rotatable bonds is 8. The highest BCUT2D eigenvalue weighted by molar-refractivity contribution is 7.19. The highest BCUT2D eigenvalue weighted by Gasteiger charge is 2.18. The number of fused-ring (bicyclic) bond motifs is 1. The SMILES string of the molecule is CCN(CC(=O)Nc1ccc(OC)cc1)Cc1nc2sc(C)c(-c3ccc(C)cc3)c2c(=O)[nH]1. The Morgan fingerprint density at radius 1 is 1.12 bits per heavy atom. The average Bonchev–Trinajstić information content (AvgIpc) is 3.15. The molecule has 0 saturated heterocycles. The van der Waals surface area contributed by atoms with Crippen molar-refractivity contribution in [3.63, 3.8) is 0 Å². The highest BCUT2D eigenvalue weighted by atomic mass is 32.1. The Kier molecular flexibility index (Phi) is 7.09. The molecule has 2 aromatic carbocycles. The second kappa shape index (κ2) is 10.2. The van der Waals surface area contributed by atoms with Crippen LogP contribution in [0.4, 0.5) is 5.69 Å². The van der Waals surface area contributed by atoms with Crippen LogP contribution in [-0.2, 0) is 11.3 Å². The van der Waals surface area contributed by atoms with E-state index in [1.54, 1.807) is 31.4 Å². The molecule has 1 amide bonds. The number of amides is 1. The van der Waals surface area contributed by atoms with Crippen LogP contribution in [0.3, 0.4) is 0 Å². The number of hydrogen-bond acceptors (Lipinski definition) is 6. The number of carbonyl (C=O) groups is 1. The lowest BCUT2D eigenvalue weighted by atomic mass is 10.0. The van der Waals surface area contributed by atoms with E-state index < -0.39 is 0 Å². The molecular formula is C26H28N4O3S. The molecule has 0 atom stereocenters. The van der Waals surface area contributed by atoms with Crippen LogP contribution in [0, 0.1) is 13.8 Å². The first kappa shape index (κ1) is 23.7. The van der Waals surface area contributed by atoms with Gasteiger partial charge in [0.2, 0.25) is 5.91 Å². The standard InChI is InChI=1S/C26H28N4O3S/c1-5-30(15-22(31)27-19-10-12-20(33-4)13-11-19)14-21-28-25(32)24-23(17(3)34-26(24)29-21)18-8-6-16(2)7-9-18/h6-13H,5,14-15H2,1-4H3,(H,27,31)(H,28,29,32). The lowest BCUT2D eigenvalue weighted by Gasteiger charge is -2.19. The van der Waals surface area contributed by atoms with E-state index in [2.05, 4.69) is 10.3 Å². The van der Waals surface area contributed by atoms with Crippen molar-refractivity contribution in [3.8, 4) is 16.9 Å². The van der Waals surface area contributed by atoms with E-state index in [9.17, 15) is 9.59 Å². The first-order valence-corrected chi connectivity index (χ1v) is 11.9. The molecule has 0 fully saturated rings. The van der Waals surface area contributed by atoms with Gasteiger partial charge in [0.05, 0.1) is 25.6 Å². The highest BCUT2D eigenvalue weighted by Crippen LogP contribution is 2.35. The van der Waals surface area contributed by atoms with Gasteiger partial charge in [0.1, 0.15) is 16.4 Å². The van der Waals surface area contributed by atoms with Gasteiger partial charge in [-0.1, -0.05) is 36.8 Å². The number of likely N-dealkylation sites (N-methyl/N-ethyl adjacent to an activating group) is 1. The molecule has 2 heterocycles. The van der Waals surface area contributed by atoms with Crippen LogP contribution >= 0.6 is 11.3 Å². The van der Waals surface area contributed by atoms with Crippen LogP contribution in [-0.4, -0.2) is 41.0 Å². The number of benzene rings is 2. The molecule has 7 nitrogen and oxygen atoms in total. The Morgan fingerprint density at radius 2 is 1.82 bits per heavy atom. The first-order chi connectivity index (χ1) is 16.4. The second-order valence-electron chi connectivity index (χ2n) is 8.17. The summed E-state index contributed by atoms with van der Waals surface area (Å²) in [6, 6.07) is 15.4. The molecule has 4 aromatic rings. The monoisotopic (exact) mass is 476 g/mol. The Balaban J connectivity index is 1.52. The normalized spacial score (nSPS) is 11.2. The molecule has 2 aromatic heterocycles. The number of anilines is 1. The van der Waals surface area contributed by atoms with Crippen molar-refractivity contribution in [2.45, 2.75) is 27.3 Å². The summed E-state index contributed by atoms with van der Waals surface area (Å²) in [7, 11) is 1.60. The van der Waals surface area contributed by atoms with Gasteiger partial charge in [-0.3, -0.25) is 14.5 Å². The number of methoxy groups -OCH3 is 1. The zero-order valence-corrected chi connectivity index (χ0v) is 20.6. The van der Waals surface area contributed by atoms with Gasteiger partial charge in [-0.05, 0) is 50.2 Å². The van der Waals surface area contributed by atoms with Crippen molar-refractivity contribution in [3.05, 3.63) is 75.1 Å². The van der Waals surface area contributed by atoms with E-state index in [1.165, 1.54) is 16.9 Å². The maximum Gasteiger partial charge on any atom is 0.260 e. The molecule has 0 aliphatic heterocycles. The summed E-state index contributed by atoms with van der Waals surface area (Å²) >= 11 is 1.52. The van der Waals surface area contributed by atoms with Gasteiger partial charge in [-0.2, -0.15) is 0 Å². The Bertz CT molecular complexity index is 1360. The van der Waals surface area contributed by atoms with Crippen LogP contribution in [0.2, 0.25) is 0 Å². The Labute approximate surface area is 202 Å². The van der Waals surface area contributed by atoms with Crippen LogP contribution < -0.4 is 15.6 Å². The molecule has 0 saturated carbocycles. The fourth-order valence-corrected chi connectivity index (χ4v) is 4.94. The number of ether oxygens (including phenoxy) is 1. The van der Waals surface area contributed by atoms with E-state index in [0.29, 0.717) is 34.8 Å². The predicted molar refractivity (Wildman–Crippen MR) is 138 cm³/mol. The number of nitrogens with zero attached hydrogens (tertiary/aromatic N) is 2. The maximum atomic E-state index is 13.1. The number of carbonyl (C=O) groups excluding carboxylic acids is 1. The summed E-state index contributed by atoms with van der Waals surface area (Å²) in [6.45, 7) is 7.22. The van der Waals surface area contributed by atoms with Gasteiger partial charge < -0.3 is 15.0 Å². The van der Waals surface area contributed by atoms with Gasteiger partial charge in [0, 0.05) is 16.1 Å².